The molecule has 0 bridgehead atoms. The highest BCUT2D eigenvalue weighted by Gasteiger charge is 1.95. The Kier molecular flexibility index (Phi) is 11.8. The normalized spacial score (nSPS) is 10.6. The van der Waals surface area contributed by atoms with Crippen LogP contribution in [0.4, 0.5) is 0 Å². The van der Waals surface area contributed by atoms with E-state index in [1.165, 1.54) is 6.08 Å². The minimum atomic E-state index is -0.397. The molecule has 0 aliphatic heterocycles. The standard InChI is InChI=1S/C16H21NO4.ClH/c1-19-15-8-6-14(7-9-15)4-2-3-5-16(18)21-13-12-20-11-10-17;/h2-9H,10-13,17H2,1H3;1H/b4-2+,5-3+;. The smallest absolute Gasteiger partial charge is 0.330 e. The van der Waals surface area contributed by atoms with Crippen molar-refractivity contribution in [1.29, 1.82) is 0 Å². The van der Waals surface area contributed by atoms with Crippen LogP contribution in [0.25, 0.3) is 6.08 Å². The molecule has 0 atom stereocenters. The highest BCUT2D eigenvalue weighted by Crippen LogP contribution is 2.12. The first-order valence-electron chi connectivity index (χ1n) is 6.69. The van der Waals surface area contributed by atoms with Crippen molar-refractivity contribution in [3.63, 3.8) is 0 Å². The second-order valence-corrected chi connectivity index (χ2v) is 4.06. The molecule has 0 saturated carbocycles. The Bertz CT molecular complexity index is 472. The Morgan fingerprint density at radius 2 is 1.86 bits per heavy atom. The lowest BCUT2D eigenvalue weighted by molar-refractivity contribution is -0.139. The van der Waals surface area contributed by atoms with Crippen molar-refractivity contribution in [2.45, 2.75) is 0 Å². The average molecular weight is 328 g/mol. The number of carbonyl (C=O) groups excluding carboxylic acids is 1. The summed E-state index contributed by atoms with van der Waals surface area (Å²) >= 11 is 0. The minimum Gasteiger partial charge on any atom is -0.497 e. The average Bonchev–Trinajstić information content (AvgIpc) is 2.52. The molecule has 0 amide bonds. The molecule has 0 aliphatic rings. The molecule has 1 rings (SSSR count). The van der Waals surface area contributed by atoms with Gasteiger partial charge >= 0.3 is 5.97 Å². The number of esters is 1. The summed E-state index contributed by atoms with van der Waals surface area (Å²) in [5.74, 6) is 0.411. The Balaban J connectivity index is 0.00000441. The molecule has 1 aromatic carbocycles. The van der Waals surface area contributed by atoms with Gasteiger partial charge < -0.3 is 19.9 Å². The van der Waals surface area contributed by atoms with Gasteiger partial charge in [-0.05, 0) is 17.7 Å². The lowest BCUT2D eigenvalue weighted by atomic mass is 10.2. The Labute approximate surface area is 137 Å². The third-order valence-corrected chi connectivity index (χ3v) is 2.48. The SMILES string of the molecule is COc1ccc(/C=C/C=C/C(=O)OCCOCCN)cc1.Cl. The van der Waals surface area contributed by atoms with Crippen molar-refractivity contribution >= 4 is 24.5 Å². The predicted octanol–water partition coefficient (Wildman–Crippen LogP) is 2.20. The highest BCUT2D eigenvalue weighted by atomic mass is 35.5. The second kappa shape index (κ2) is 12.9. The van der Waals surface area contributed by atoms with E-state index in [0.717, 1.165) is 11.3 Å². The van der Waals surface area contributed by atoms with E-state index in [0.29, 0.717) is 19.8 Å². The first-order valence-corrected chi connectivity index (χ1v) is 6.69. The van der Waals surface area contributed by atoms with E-state index < -0.39 is 5.97 Å². The van der Waals surface area contributed by atoms with E-state index in [9.17, 15) is 4.79 Å². The number of hydrogen-bond acceptors (Lipinski definition) is 5. The summed E-state index contributed by atoms with van der Waals surface area (Å²) in [6.07, 6.45) is 6.65. The van der Waals surface area contributed by atoms with Crippen LogP contribution in [0.2, 0.25) is 0 Å². The van der Waals surface area contributed by atoms with Crippen molar-refractivity contribution in [2.75, 3.05) is 33.5 Å². The molecule has 0 spiro atoms. The topological polar surface area (TPSA) is 70.8 Å². The maximum absolute atomic E-state index is 11.3. The molecule has 0 aromatic heterocycles. The van der Waals surface area contributed by atoms with Crippen LogP contribution in [0.1, 0.15) is 5.56 Å². The number of allylic oxidation sites excluding steroid dienone is 2. The first kappa shape index (κ1) is 20.2. The molecule has 1 aromatic rings. The van der Waals surface area contributed by atoms with Crippen LogP contribution in [0.15, 0.2) is 42.5 Å². The Morgan fingerprint density at radius 1 is 1.14 bits per heavy atom. The van der Waals surface area contributed by atoms with Crippen LogP contribution < -0.4 is 10.5 Å². The fourth-order valence-electron chi connectivity index (χ4n) is 1.45. The summed E-state index contributed by atoms with van der Waals surface area (Å²) in [5, 5.41) is 0. The molecule has 2 N–H and O–H groups in total. The highest BCUT2D eigenvalue weighted by molar-refractivity contribution is 5.85. The Hall–Kier alpha value is -1.82. The van der Waals surface area contributed by atoms with E-state index in [4.69, 9.17) is 19.9 Å². The van der Waals surface area contributed by atoms with Gasteiger partial charge in [0.05, 0.1) is 20.3 Å². The number of ether oxygens (including phenoxy) is 3. The van der Waals surface area contributed by atoms with Crippen molar-refractivity contribution in [1.82, 2.24) is 0 Å². The molecule has 0 unspecified atom stereocenters. The number of nitrogens with two attached hydrogens (primary N) is 1. The number of methoxy groups -OCH3 is 1. The molecule has 0 saturated heterocycles. The van der Waals surface area contributed by atoms with Crippen LogP contribution >= 0.6 is 12.4 Å². The van der Waals surface area contributed by atoms with Gasteiger partial charge in [0, 0.05) is 12.6 Å². The molecule has 6 heteroatoms. The molecule has 0 radical (unpaired) electrons. The number of benzene rings is 1. The van der Waals surface area contributed by atoms with Crippen molar-refractivity contribution < 1.29 is 19.0 Å². The molecular formula is C16H22ClNO4. The third kappa shape index (κ3) is 9.18. The van der Waals surface area contributed by atoms with Crippen molar-refractivity contribution in [3.05, 3.63) is 48.1 Å². The van der Waals surface area contributed by atoms with Gasteiger partial charge in [-0.25, -0.2) is 4.79 Å². The van der Waals surface area contributed by atoms with Crippen LogP contribution in [-0.4, -0.2) is 39.4 Å². The van der Waals surface area contributed by atoms with Crippen LogP contribution in [0.5, 0.6) is 5.75 Å². The van der Waals surface area contributed by atoms with Gasteiger partial charge in [-0.2, -0.15) is 0 Å². The van der Waals surface area contributed by atoms with E-state index >= 15 is 0 Å². The molecule has 22 heavy (non-hydrogen) atoms. The number of hydrogen-bond donors (Lipinski definition) is 1. The van der Waals surface area contributed by atoms with Gasteiger partial charge in [-0.15, -0.1) is 12.4 Å². The fourth-order valence-corrected chi connectivity index (χ4v) is 1.45. The zero-order valence-electron chi connectivity index (χ0n) is 12.6. The maximum atomic E-state index is 11.3. The molecule has 0 aliphatic carbocycles. The zero-order chi connectivity index (χ0) is 15.3. The molecule has 0 fully saturated rings. The van der Waals surface area contributed by atoms with E-state index in [1.807, 2.05) is 30.3 Å². The summed E-state index contributed by atoms with van der Waals surface area (Å²) in [5.41, 5.74) is 6.27. The summed E-state index contributed by atoms with van der Waals surface area (Å²) < 4.78 is 15.1. The van der Waals surface area contributed by atoms with Crippen LogP contribution in [0, 0.1) is 0 Å². The fraction of sp³-hybridized carbons (Fsp3) is 0.312. The summed E-state index contributed by atoms with van der Waals surface area (Å²) in [4.78, 5) is 11.3. The van der Waals surface area contributed by atoms with Crippen LogP contribution in [0.3, 0.4) is 0 Å². The van der Waals surface area contributed by atoms with E-state index in [2.05, 4.69) is 0 Å². The van der Waals surface area contributed by atoms with E-state index in [1.54, 1.807) is 19.3 Å². The summed E-state index contributed by atoms with van der Waals surface area (Å²) in [6, 6.07) is 7.60. The lowest BCUT2D eigenvalue weighted by Crippen LogP contribution is -2.13. The molecule has 0 heterocycles. The maximum Gasteiger partial charge on any atom is 0.330 e. The van der Waals surface area contributed by atoms with Gasteiger partial charge in [0.25, 0.3) is 0 Å². The largest absolute Gasteiger partial charge is 0.497 e. The lowest BCUT2D eigenvalue weighted by Gasteiger charge is -2.02. The monoisotopic (exact) mass is 327 g/mol. The summed E-state index contributed by atoms with van der Waals surface area (Å²) in [7, 11) is 1.63. The third-order valence-electron chi connectivity index (χ3n) is 2.48. The van der Waals surface area contributed by atoms with Gasteiger partial charge in [0.15, 0.2) is 0 Å². The number of halogens is 1. The number of carbonyl (C=O) groups is 1. The van der Waals surface area contributed by atoms with Crippen molar-refractivity contribution in [3.8, 4) is 5.75 Å². The Morgan fingerprint density at radius 3 is 2.50 bits per heavy atom. The molecular weight excluding hydrogens is 306 g/mol. The van der Waals surface area contributed by atoms with Gasteiger partial charge in [-0.3, -0.25) is 0 Å². The van der Waals surface area contributed by atoms with Crippen LogP contribution in [-0.2, 0) is 14.3 Å². The first-order chi connectivity index (χ1) is 10.3. The van der Waals surface area contributed by atoms with Gasteiger partial charge in [0.2, 0.25) is 0 Å². The van der Waals surface area contributed by atoms with E-state index in [-0.39, 0.29) is 19.0 Å². The molecule has 122 valence electrons. The van der Waals surface area contributed by atoms with Gasteiger partial charge in [0.1, 0.15) is 12.4 Å². The second-order valence-electron chi connectivity index (χ2n) is 4.06. The molecule has 5 nitrogen and oxygen atoms in total. The van der Waals surface area contributed by atoms with Gasteiger partial charge in [-0.1, -0.05) is 30.4 Å². The minimum absolute atomic E-state index is 0. The predicted molar refractivity (Wildman–Crippen MR) is 89.2 cm³/mol. The number of rotatable bonds is 9. The quantitative estimate of drug-likeness (QED) is 0.326. The van der Waals surface area contributed by atoms with Crippen molar-refractivity contribution in [2.24, 2.45) is 5.73 Å². The summed E-state index contributed by atoms with van der Waals surface area (Å²) in [6.45, 7) is 1.52. The zero-order valence-corrected chi connectivity index (χ0v) is 13.4.